The van der Waals surface area contributed by atoms with Crippen molar-refractivity contribution in [2.24, 2.45) is 0 Å². The van der Waals surface area contributed by atoms with Crippen LogP contribution >= 0.6 is 0 Å². The molecule has 1 aromatic carbocycles. The van der Waals surface area contributed by atoms with E-state index in [1.165, 1.54) is 19.3 Å². The largest absolute Gasteiger partial charge is 0.421 e. The maximum Gasteiger partial charge on any atom is 0.344 e. The Labute approximate surface area is 192 Å². The van der Waals surface area contributed by atoms with Crippen LogP contribution in [0.1, 0.15) is 38.8 Å². The van der Waals surface area contributed by atoms with E-state index in [1.54, 1.807) is 6.20 Å². The highest BCUT2D eigenvalue weighted by Gasteiger charge is 2.36. The van der Waals surface area contributed by atoms with Crippen molar-refractivity contribution in [2.75, 3.05) is 18.0 Å². The summed E-state index contributed by atoms with van der Waals surface area (Å²) < 4.78 is 7.61. The zero-order chi connectivity index (χ0) is 22.7. The predicted octanol–water partition coefficient (Wildman–Crippen LogP) is 4.26. The van der Waals surface area contributed by atoms with Gasteiger partial charge in [0, 0.05) is 49.3 Å². The van der Waals surface area contributed by atoms with Gasteiger partial charge in [-0.15, -0.1) is 0 Å². The summed E-state index contributed by atoms with van der Waals surface area (Å²) in [6.45, 7) is 8.54. The summed E-state index contributed by atoms with van der Waals surface area (Å²) in [7, 11) is 0. The molecule has 1 aliphatic heterocycles. The first-order valence-corrected chi connectivity index (χ1v) is 11.9. The van der Waals surface area contributed by atoms with Crippen LogP contribution in [0.15, 0.2) is 52.1 Å². The summed E-state index contributed by atoms with van der Waals surface area (Å²) >= 11 is 0. The van der Waals surface area contributed by atoms with Gasteiger partial charge < -0.3 is 13.7 Å². The number of rotatable bonds is 3. The van der Waals surface area contributed by atoms with Crippen molar-refractivity contribution in [3.63, 3.8) is 0 Å². The Balaban J connectivity index is 1.31. The molecule has 2 aliphatic rings. The van der Waals surface area contributed by atoms with Gasteiger partial charge in [0.05, 0.1) is 17.3 Å². The van der Waals surface area contributed by atoms with Crippen molar-refractivity contribution in [3.8, 4) is 11.5 Å². The highest BCUT2D eigenvalue weighted by Crippen LogP contribution is 2.33. The molecule has 33 heavy (non-hydrogen) atoms. The van der Waals surface area contributed by atoms with Gasteiger partial charge in [0.1, 0.15) is 5.69 Å². The third-order valence-electron chi connectivity index (χ3n) is 7.32. The highest BCUT2D eigenvalue weighted by atomic mass is 16.4. The van der Waals surface area contributed by atoms with Gasteiger partial charge in [-0.25, -0.2) is 9.78 Å². The monoisotopic (exact) mass is 443 g/mol. The number of aryl methyl sites for hydroxylation is 1. The molecule has 4 aromatic rings. The molecule has 0 N–H and O–H groups in total. The number of hydrogen-bond acceptors (Lipinski definition) is 6. The molecule has 1 unspecified atom stereocenters. The molecular formula is C26H29N5O2. The average molecular weight is 444 g/mol. The topological polar surface area (TPSA) is 66.9 Å². The molecular weight excluding hydrogens is 414 g/mol. The van der Waals surface area contributed by atoms with E-state index in [4.69, 9.17) is 4.42 Å². The highest BCUT2D eigenvalue weighted by molar-refractivity contribution is 5.87. The smallest absolute Gasteiger partial charge is 0.344 e. The number of piperazine rings is 1. The van der Waals surface area contributed by atoms with Gasteiger partial charge >= 0.3 is 5.63 Å². The summed E-state index contributed by atoms with van der Waals surface area (Å²) in [6, 6.07) is 9.80. The van der Waals surface area contributed by atoms with Crippen molar-refractivity contribution >= 4 is 22.1 Å². The second kappa shape index (κ2) is 7.70. The molecule has 7 nitrogen and oxygen atoms in total. The van der Waals surface area contributed by atoms with Gasteiger partial charge in [0.25, 0.3) is 0 Å². The summed E-state index contributed by atoms with van der Waals surface area (Å²) in [4.78, 5) is 26.9. The minimum Gasteiger partial charge on any atom is -0.421 e. The van der Waals surface area contributed by atoms with Gasteiger partial charge in [0.15, 0.2) is 11.4 Å². The molecule has 1 saturated heterocycles. The lowest BCUT2D eigenvalue weighted by atomic mass is 9.88. The van der Waals surface area contributed by atoms with Gasteiger partial charge in [-0.2, -0.15) is 0 Å². The molecule has 7 heteroatoms. The van der Waals surface area contributed by atoms with Gasteiger partial charge in [0.2, 0.25) is 0 Å². The lowest BCUT2D eigenvalue weighted by molar-refractivity contribution is 0.0374. The number of benzene rings is 1. The van der Waals surface area contributed by atoms with Crippen molar-refractivity contribution in [2.45, 2.75) is 58.2 Å². The van der Waals surface area contributed by atoms with E-state index in [9.17, 15) is 4.79 Å². The maximum absolute atomic E-state index is 13.0. The van der Waals surface area contributed by atoms with Gasteiger partial charge in [-0.1, -0.05) is 12.5 Å². The second-order valence-electron chi connectivity index (χ2n) is 9.72. The lowest BCUT2D eigenvalue weighted by Gasteiger charge is -2.51. The first-order chi connectivity index (χ1) is 16.0. The number of nitrogens with zero attached hydrogens (tertiary/aromatic N) is 5. The first kappa shape index (κ1) is 20.4. The van der Waals surface area contributed by atoms with Crippen LogP contribution in [0, 0.1) is 6.92 Å². The van der Waals surface area contributed by atoms with Crippen LogP contribution in [0.3, 0.4) is 0 Å². The molecule has 1 aliphatic carbocycles. The minimum atomic E-state index is -0.329. The Morgan fingerprint density at radius 2 is 1.85 bits per heavy atom. The van der Waals surface area contributed by atoms with Gasteiger partial charge in [-0.05, 0) is 57.2 Å². The SMILES string of the molecule is Cc1cn2cc(-c3cc4ccc(N5CC(C)N(C6CCC6)[C@@H](C)C5)cc4c(=O)o3)nc2cn1. The van der Waals surface area contributed by atoms with Crippen molar-refractivity contribution < 1.29 is 4.42 Å². The third-order valence-corrected chi connectivity index (χ3v) is 7.32. The average Bonchev–Trinajstić information content (AvgIpc) is 3.17. The van der Waals surface area contributed by atoms with Gasteiger partial charge in [-0.3, -0.25) is 9.88 Å². The number of anilines is 1. The molecule has 3 aromatic heterocycles. The molecule has 6 rings (SSSR count). The fraction of sp³-hybridized carbons (Fsp3) is 0.423. The number of aromatic nitrogens is 3. The van der Waals surface area contributed by atoms with E-state index in [0.717, 1.165) is 41.5 Å². The van der Waals surface area contributed by atoms with Crippen LogP contribution < -0.4 is 10.5 Å². The second-order valence-corrected chi connectivity index (χ2v) is 9.72. The standard InChI is InChI=1S/C26H29N5O2/c1-16-12-30-15-23(28-25(30)11-27-16)24-9-19-7-8-21(10-22(19)26(32)33-24)29-13-17(2)31(18(3)14-29)20-5-4-6-20/h7-12,15,17-18,20H,4-6,13-14H2,1-3H3/t17-,18?/m0/s1. The maximum atomic E-state index is 13.0. The minimum absolute atomic E-state index is 0.329. The molecule has 2 fully saturated rings. The van der Waals surface area contributed by atoms with Crippen molar-refractivity contribution in [1.29, 1.82) is 0 Å². The quantitative estimate of drug-likeness (QED) is 0.471. The number of fused-ring (bicyclic) bond motifs is 2. The van der Waals surface area contributed by atoms with E-state index >= 15 is 0 Å². The molecule has 2 atom stereocenters. The molecule has 0 spiro atoms. The van der Waals surface area contributed by atoms with Crippen molar-refractivity contribution in [3.05, 3.63) is 59.0 Å². The Bertz CT molecular complexity index is 1390. The van der Waals surface area contributed by atoms with E-state index in [0.29, 0.717) is 28.9 Å². The fourth-order valence-electron chi connectivity index (χ4n) is 5.57. The molecule has 0 amide bonds. The van der Waals surface area contributed by atoms with E-state index in [2.05, 4.69) is 39.7 Å². The normalized spacial score (nSPS) is 22.2. The summed E-state index contributed by atoms with van der Waals surface area (Å²) in [6.07, 6.45) is 9.51. The molecule has 1 saturated carbocycles. The Kier molecular flexibility index (Phi) is 4.76. The van der Waals surface area contributed by atoms with Crippen LogP contribution in [0.5, 0.6) is 0 Å². The van der Waals surface area contributed by atoms with E-state index in [1.807, 2.05) is 41.9 Å². The zero-order valence-electron chi connectivity index (χ0n) is 19.4. The Morgan fingerprint density at radius 1 is 1.06 bits per heavy atom. The van der Waals surface area contributed by atoms with Crippen LogP contribution in [0.25, 0.3) is 27.9 Å². The fourth-order valence-corrected chi connectivity index (χ4v) is 5.57. The summed E-state index contributed by atoms with van der Waals surface area (Å²) in [5.74, 6) is 0.470. The summed E-state index contributed by atoms with van der Waals surface area (Å²) in [5.41, 5.74) is 3.00. The van der Waals surface area contributed by atoms with E-state index < -0.39 is 0 Å². The Hall–Kier alpha value is -3.19. The zero-order valence-corrected chi connectivity index (χ0v) is 19.4. The van der Waals surface area contributed by atoms with E-state index in [-0.39, 0.29) is 5.63 Å². The van der Waals surface area contributed by atoms with Crippen LogP contribution in [0.4, 0.5) is 5.69 Å². The molecule has 0 radical (unpaired) electrons. The van der Waals surface area contributed by atoms with Crippen molar-refractivity contribution in [1.82, 2.24) is 19.3 Å². The number of imidazole rings is 1. The number of hydrogen-bond donors (Lipinski definition) is 0. The Morgan fingerprint density at radius 3 is 2.58 bits per heavy atom. The van der Waals surface area contributed by atoms with Crippen LogP contribution in [-0.4, -0.2) is 50.5 Å². The molecule has 0 bridgehead atoms. The predicted molar refractivity (Wildman–Crippen MR) is 130 cm³/mol. The summed E-state index contributed by atoms with van der Waals surface area (Å²) in [5, 5.41) is 1.48. The molecule has 4 heterocycles. The molecule has 170 valence electrons. The lowest BCUT2D eigenvalue weighted by Crippen LogP contribution is -2.61. The third kappa shape index (κ3) is 3.51. The first-order valence-electron chi connectivity index (χ1n) is 11.9. The van der Waals surface area contributed by atoms with Crippen LogP contribution in [0.2, 0.25) is 0 Å². The van der Waals surface area contributed by atoms with Crippen LogP contribution in [-0.2, 0) is 0 Å².